The molecule has 0 aliphatic rings. The van der Waals surface area contributed by atoms with E-state index in [1.807, 2.05) is 0 Å². The Morgan fingerprint density at radius 3 is 2.15 bits per heavy atom. The topological polar surface area (TPSA) is 108 Å². The van der Waals surface area contributed by atoms with Crippen molar-refractivity contribution in [1.29, 1.82) is 0 Å². The minimum atomic E-state index is -1.17. The number of anilines is 1. The standard InChI is InChI=1S/C11H11Cl2N3O4/c12-6-1-7(13)3-8(2-6)16-11(20)15-4-9(17)14-5-10(18)19/h1-3H,4-5H2,(H,14,17)(H,18,19)(H2,15,16,20). The van der Waals surface area contributed by atoms with Crippen LogP contribution in [0.1, 0.15) is 0 Å². The second kappa shape index (κ2) is 7.56. The van der Waals surface area contributed by atoms with E-state index in [1.165, 1.54) is 18.2 Å². The quantitative estimate of drug-likeness (QED) is 0.656. The Kier molecular flexibility index (Phi) is 6.08. The van der Waals surface area contributed by atoms with E-state index in [9.17, 15) is 14.4 Å². The van der Waals surface area contributed by atoms with Gasteiger partial charge in [0.2, 0.25) is 5.91 Å². The van der Waals surface area contributed by atoms with Crippen LogP contribution in [-0.2, 0) is 9.59 Å². The third-order valence-corrected chi connectivity index (χ3v) is 2.40. The molecule has 20 heavy (non-hydrogen) atoms. The van der Waals surface area contributed by atoms with Crippen molar-refractivity contribution < 1.29 is 19.5 Å². The highest BCUT2D eigenvalue weighted by molar-refractivity contribution is 6.35. The lowest BCUT2D eigenvalue weighted by molar-refractivity contribution is -0.137. The zero-order valence-corrected chi connectivity index (χ0v) is 11.6. The summed E-state index contributed by atoms with van der Waals surface area (Å²) in [5, 5.41) is 15.8. The number of carboxylic acids is 1. The summed E-state index contributed by atoms with van der Waals surface area (Å²) in [5.74, 6) is -1.79. The monoisotopic (exact) mass is 319 g/mol. The average molecular weight is 320 g/mol. The normalized spacial score (nSPS) is 9.70. The maximum atomic E-state index is 11.5. The number of halogens is 2. The first kappa shape index (κ1) is 16.1. The molecule has 9 heteroatoms. The van der Waals surface area contributed by atoms with Crippen LogP contribution in [0.25, 0.3) is 0 Å². The number of benzene rings is 1. The molecule has 4 N–H and O–H groups in total. The lowest BCUT2D eigenvalue weighted by Gasteiger charge is -2.08. The maximum absolute atomic E-state index is 11.5. The van der Waals surface area contributed by atoms with Crippen molar-refractivity contribution in [2.45, 2.75) is 0 Å². The Morgan fingerprint density at radius 2 is 1.60 bits per heavy atom. The van der Waals surface area contributed by atoms with Crippen LogP contribution in [0.15, 0.2) is 18.2 Å². The molecule has 0 unspecified atom stereocenters. The van der Waals surface area contributed by atoms with Crippen LogP contribution in [-0.4, -0.2) is 36.1 Å². The SMILES string of the molecule is O=C(O)CNC(=O)CNC(=O)Nc1cc(Cl)cc(Cl)c1. The predicted octanol–water partition coefficient (Wildman–Crippen LogP) is 1.32. The molecule has 0 fully saturated rings. The summed E-state index contributed by atoms with van der Waals surface area (Å²) in [6.45, 7) is -0.862. The summed E-state index contributed by atoms with van der Waals surface area (Å²) < 4.78 is 0. The first-order valence-electron chi connectivity index (χ1n) is 5.36. The number of aliphatic carboxylic acids is 1. The fourth-order valence-electron chi connectivity index (χ4n) is 1.20. The fraction of sp³-hybridized carbons (Fsp3) is 0.182. The minimum Gasteiger partial charge on any atom is -0.480 e. The molecule has 108 valence electrons. The largest absolute Gasteiger partial charge is 0.480 e. The van der Waals surface area contributed by atoms with Crippen LogP contribution in [0.2, 0.25) is 10.0 Å². The van der Waals surface area contributed by atoms with Crippen LogP contribution < -0.4 is 16.0 Å². The molecule has 0 spiro atoms. The summed E-state index contributed by atoms with van der Waals surface area (Å²) in [6, 6.07) is 3.83. The van der Waals surface area contributed by atoms with Gasteiger partial charge in [0.05, 0.1) is 6.54 Å². The smallest absolute Gasteiger partial charge is 0.322 e. The second-order valence-electron chi connectivity index (χ2n) is 3.64. The van der Waals surface area contributed by atoms with Crippen molar-refractivity contribution in [1.82, 2.24) is 10.6 Å². The first-order valence-corrected chi connectivity index (χ1v) is 6.12. The van der Waals surface area contributed by atoms with Gasteiger partial charge in [0, 0.05) is 15.7 Å². The number of carbonyl (C=O) groups excluding carboxylic acids is 2. The van der Waals surface area contributed by atoms with Crippen molar-refractivity contribution in [3.63, 3.8) is 0 Å². The molecule has 7 nitrogen and oxygen atoms in total. The molecule has 0 saturated carbocycles. The Morgan fingerprint density at radius 1 is 1.00 bits per heavy atom. The highest BCUT2D eigenvalue weighted by atomic mass is 35.5. The highest BCUT2D eigenvalue weighted by Crippen LogP contribution is 2.22. The first-order chi connectivity index (χ1) is 9.36. The summed E-state index contributed by atoms with van der Waals surface area (Å²) in [4.78, 5) is 32.8. The molecular formula is C11H11Cl2N3O4. The molecule has 0 radical (unpaired) electrons. The van der Waals surface area contributed by atoms with Gasteiger partial charge in [0.25, 0.3) is 0 Å². The van der Waals surface area contributed by atoms with E-state index in [0.717, 1.165) is 0 Å². The molecule has 1 aromatic rings. The lowest BCUT2D eigenvalue weighted by atomic mass is 10.3. The molecule has 1 rings (SSSR count). The zero-order valence-electron chi connectivity index (χ0n) is 10.1. The predicted molar refractivity (Wildman–Crippen MR) is 74.1 cm³/mol. The number of hydrogen-bond donors (Lipinski definition) is 4. The van der Waals surface area contributed by atoms with Crippen molar-refractivity contribution in [2.75, 3.05) is 18.4 Å². The van der Waals surface area contributed by atoms with E-state index >= 15 is 0 Å². The average Bonchev–Trinajstić information content (AvgIpc) is 2.32. The van der Waals surface area contributed by atoms with Crippen molar-refractivity contribution in [3.8, 4) is 0 Å². The summed E-state index contributed by atoms with van der Waals surface area (Å²) in [7, 11) is 0. The van der Waals surface area contributed by atoms with Crippen LogP contribution in [0, 0.1) is 0 Å². The third kappa shape index (κ3) is 6.26. The van der Waals surface area contributed by atoms with E-state index in [0.29, 0.717) is 15.7 Å². The highest BCUT2D eigenvalue weighted by Gasteiger charge is 2.07. The zero-order chi connectivity index (χ0) is 15.1. The molecule has 1 aromatic carbocycles. The van der Waals surface area contributed by atoms with Gasteiger partial charge in [0.1, 0.15) is 6.54 Å². The van der Waals surface area contributed by atoms with Gasteiger partial charge < -0.3 is 21.1 Å². The molecular weight excluding hydrogens is 309 g/mol. The summed E-state index contributed by atoms with van der Waals surface area (Å²) >= 11 is 11.5. The number of carbonyl (C=O) groups is 3. The number of nitrogens with one attached hydrogen (secondary N) is 3. The van der Waals surface area contributed by atoms with Gasteiger partial charge >= 0.3 is 12.0 Å². The Bertz CT molecular complexity index is 516. The van der Waals surface area contributed by atoms with Gasteiger partial charge in [-0.25, -0.2) is 4.79 Å². The summed E-state index contributed by atoms with van der Waals surface area (Å²) in [6.07, 6.45) is 0. The van der Waals surface area contributed by atoms with Crippen molar-refractivity contribution >= 4 is 46.8 Å². The molecule has 0 bridgehead atoms. The molecule has 0 heterocycles. The molecule has 0 aliphatic heterocycles. The number of hydrogen-bond acceptors (Lipinski definition) is 3. The number of urea groups is 1. The number of amides is 3. The lowest BCUT2D eigenvalue weighted by Crippen LogP contribution is -2.40. The van der Waals surface area contributed by atoms with Crippen LogP contribution >= 0.6 is 23.2 Å². The Balaban J connectivity index is 2.40. The van der Waals surface area contributed by atoms with Crippen molar-refractivity contribution in [3.05, 3.63) is 28.2 Å². The van der Waals surface area contributed by atoms with Gasteiger partial charge in [-0.15, -0.1) is 0 Å². The van der Waals surface area contributed by atoms with Gasteiger partial charge in [0.15, 0.2) is 0 Å². The molecule has 0 aliphatic carbocycles. The van der Waals surface area contributed by atoms with E-state index in [4.69, 9.17) is 28.3 Å². The van der Waals surface area contributed by atoms with Crippen molar-refractivity contribution in [2.24, 2.45) is 0 Å². The van der Waals surface area contributed by atoms with Crippen LogP contribution in [0.4, 0.5) is 10.5 Å². The van der Waals surface area contributed by atoms with Gasteiger partial charge in [-0.1, -0.05) is 23.2 Å². The Hall–Kier alpha value is -1.99. The van der Waals surface area contributed by atoms with E-state index < -0.39 is 24.5 Å². The van der Waals surface area contributed by atoms with Crippen LogP contribution in [0.3, 0.4) is 0 Å². The minimum absolute atomic E-state index is 0.354. The molecule has 0 aromatic heterocycles. The fourth-order valence-corrected chi connectivity index (χ4v) is 1.72. The third-order valence-electron chi connectivity index (χ3n) is 1.97. The number of rotatable bonds is 5. The number of carboxylic acid groups (broad SMARTS) is 1. The van der Waals surface area contributed by atoms with Gasteiger partial charge in [-0.05, 0) is 18.2 Å². The molecule has 0 saturated heterocycles. The van der Waals surface area contributed by atoms with Gasteiger partial charge in [-0.3, -0.25) is 9.59 Å². The van der Waals surface area contributed by atoms with E-state index in [-0.39, 0.29) is 6.54 Å². The van der Waals surface area contributed by atoms with Crippen LogP contribution in [0.5, 0.6) is 0 Å². The molecule has 3 amide bonds. The maximum Gasteiger partial charge on any atom is 0.322 e. The van der Waals surface area contributed by atoms with E-state index in [2.05, 4.69) is 16.0 Å². The molecule has 0 atom stereocenters. The Labute approximate surface area is 124 Å². The van der Waals surface area contributed by atoms with E-state index in [1.54, 1.807) is 0 Å². The van der Waals surface area contributed by atoms with Gasteiger partial charge in [-0.2, -0.15) is 0 Å². The summed E-state index contributed by atoms with van der Waals surface area (Å²) in [5.41, 5.74) is 0.367. The second-order valence-corrected chi connectivity index (χ2v) is 4.51.